The minimum absolute atomic E-state index is 0.00605. The molecule has 1 aliphatic heterocycles. The first-order valence-corrected chi connectivity index (χ1v) is 11.0. The molecular weight excluding hydrogens is 466 g/mol. The molecule has 1 saturated heterocycles. The standard InChI is InChI=1S/C21H20B2F4N6O2/c22-20(23)3-5-35-6-4-32(20)19(34)14-7-15-13(8-28-14)18(30-33(15)11-21(25,26)27)16-9-29-17-2-1-12(24)10-31(16)17/h1-2,7-10H,3-6,11,22-23H2. The summed E-state index contributed by atoms with van der Waals surface area (Å²) < 4.78 is 61.7. The molecule has 35 heavy (non-hydrogen) atoms. The minimum Gasteiger partial charge on any atom is -0.380 e. The van der Waals surface area contributed by atoms with E-state index in [-0.39, 0.29) is 22.3 Å². The van der Waals surface area contributed by atoms with Crippen LogP contribution in [0.5, 0.6) is 0 Å². The fourth-order valence-corrected chi connectivity index (χ4v) is 4.33. The minimum atomic E-state index is -4.56. The second-order valence-electron chi connectivity index (χ2n) is 9.06. The maximum Gasteiger partial charge on any atom is 0.408 e. The molecule has 8 nitrogen and oxygen atoms in total. The molecule has 0 aliphatic carbocycles. The van der Waals surface area contributed by atoms with Crippen LogP contribution in [0.25, 0.3) is 27.9 Å². The molecular formula is C21H20B2F4N6O2. The summed E-state index contributed by atoms with van der Waals surface area (Å²) in [5.74, 6) is -0.939. The SMILES string of the molecule is BC1(B)CCOCCN1C(=O)c1cc2c(cn1)c(-c1cnc3ccc(F)cn13)nn2CC(F)(F)F. The van der Waals surface area contributed by atoms with E-state index in [0.717, 1.165) is 4.68 Å². The molecule has 5 rings (SSSR count). The van der Waals surface area contributed by atoms with E-state index in [1.54, 1.807) is 4.90 Å². The van der Waals surface area contributed by atoms with Crippen LogP contribution in [0.2, 0.25) is 0 Å². The van der Waals surface area contributed by atoms with Crippen LogP contribution in [-0.4, -0.2) is 81.9 Å². The summed E-state index contributed by atoms with van der Waals surface area (Å²) in [4.78, 5) is 23.5. The normalized spacial score (nSPS) is 16.6. The average Bonchev–Trinajstić information content (AvgIpc) is 3.28. The molecule has 0 radical (unpaired) electrons. The lowest BCUT2D eigenvalue weighted by Crippen LogP contribution is -2.53. The van der Waals surface area contributed by atoms with Gasteiger partial charge in [0.15, 0.2) is 0 Å². The van der Waals surface area contributed by atoms with Crippen molar-refractivity contribution in [3.05, 3.63) is 48.3 Å². The molecule has 4 aromatic rings. The number of fused-ring (bicyclic) bond motifs is 2. The van der Waals surface area contributed by atoms with Crippen LogP contribution in [0.15, 0.2) is 36.8 Å². The number of amides is 1. The summed E-state index contributed by atoms with van der Waals surface area (Å²) in [7, 11) is 3.82. The summed E-state index contributed by atoms with van der Waals surface area (Å²) in [5.41, 5.74) is 0.956. The highest BCUT2D eigenvalue weighted by atomic mass is 19.4. The number of pyridine rings is 2. The lowest BCUT2D eigenvalue weighted by molar-refractivity contribution is -0.141. The second-order valence-corrected chi connectivity index (χ2v) is 9.06. The molecule has 0 atom stereocenters. The van der Waals surface area contributed by atoms with Gasteiger partial charge in [-0.3, -0.25) is 18.9 Å². The Bertz CT molecular complexity index is 1430. The summed E-state index contributed by atoms with van der Waals surface area (Å²) in [6.45, 7) is -0.162. The molecule has 180 valence electrons. The molecule has 5 heterocycles. The van der Waals surface area contributed by atoms with Crippen LogP contribution in [0, 0.1) is 5.82 Å². The van der Waals surface area contributed by atoms with E-state index in [4.69, 9.17) is 4.74 Å². The number of hydrogen-bond donors (Lipinski definition) is 0. The Kier molecular flexibility index (Phi) is 5.58. The van der Waals surface area contributed by atoms with Gasteiger partial charge in [-0.2, -0.15) is 18.3 Å². The van der Waals surface area contributed by atoms with Gasteiger partial charge in [0.1, 0.15) is 45.1 Å². The van der Waals surface area contributed by atoms with E-state index in [1.165, 1.54) is 41.2 Å². The highest BCUT2D eigenvalue weighted by molar-refractivity contribution is 6.41. The number of imidazole rings is 1. The molecule has 14 heteroatoms. The molecule has 1 amide bonds. The molecule has 1 fully saturated rings. The Hall–Kier alpha value is -3.41. The number of nitrogens with zero attached hydrogens (tertiary/aromatic N) is 6. The number of ether oxygens (including phenoxy) is 1. The van der Waals surface area contributed by atoms with Gasteiger partial charge in [0.05, 0.1) is 24.0 Å². The van der Waals surface area contributed by atoms with E-state index in [1.807, 2.05) is 15.7 Å². The number of rotatable bonds is 3. The number of hydrogen-bond acceptors (Lipinski definition) is 5. The molecule has 0 unspecified atom stereocenters. The molecule has 1 aliphatic rings. The summed E-state index contributed by atoms with van der Waals surface area (Å²) >= 11 is 0. The number of aromatic nitrogens is 5. The van der Waals surface area contributed by atoms with Crippen molar-refractivity contribution in [2.75, 3.05) is 19.8 Å². The predicted octanol–water partition coefficient (Wildman–Crippen LogP) is 1.23. The number of halogens is 4. The monoisotopic (exact) mass is 486 g/mol. The molecule has 0 aromatic carbocycles. The smallest absolute Gasteiger partial charge is 0.380 e. The first-order chi connectivity index (χ1) is 16.5. The molecule has 4 aromatic heterocycles. The van der Waals surface area contributed by atoms with Crippen LogP contribution in [0.1, 0.15) is 16.9 Å². The van der Waals surface area contributed by atoms with E-state index in [0.29, 0.717) is 37.5 Å². The fourth-order valence-electron chi connectivity index (χ4n) is 4.33. The number of carbonyl (C=O) groups excluding carboxylic acids is 1. The molecule has 0 bridgehead atoms. The van der Waals surface area contributed by atoms with Crippen molar-refractivity contribution in [2.45, 2.75) is 24.5 Å². The van der Waals surface area contributed by atoms with Crippen LogP contribution in [0.4, 0.5) is 17.6 Å². The quantitative estimate of drug-likeness (QED) is 0.322. The largest absolute Gasteiger partial charge is 0.408 e. The van der Waals surface area contributed by atoms with E-state index >= 15 is 0 Å². The van der Waals surface area contributed by atoms with Crippen LogP contribution >= 0.6 is 0 Å². The van der Waals surface area contributed by atoms with Gasteiger partial charge < -0.3 is 9.64 Å². The van der Waals surface area contributed by atoms with Crippen molar-refractivity contribution >= 4 is 38.1 Å². The molecule has 0 N–H and O–H groups in total. The Morgan fingerprint density at radius 3 is 2.74 bits per heavy atom. The van der Waals surface area contributed by atoms with Crippen LogP contribution in [0.3, 0.4) is 0 Å². The molecule has 0 saturated carbocycles. The third-order valence-electron chi connectivity index (χ3n) is 6.19. The van der Waals surface area contributed by atoms with Crippen LogP contribution < -0.4 is 0 Å². The van der Waals surface area contributed by atoms with Crippen molar-refractivity contribution in [1.82, 2.24) is 29.0 Å². The zero-order valence-corrected chi connectivity index (χ0v) is 19.0. The summed E-state index contributed by atoms with van der Waals surface area (Å²) in [6.07, 6.45) is -0.0203. The lowest BCUT2D eigenvalue weighted by Gasteiger charge is -2.36. The third kappa shape index (κ3) is 4.38. The zero-order valence-electron chi connectivity index (χ0n) is 19.0. The van der Waals surface area contributed by atoms with Crippen molar-refractivity contribution in [3.63, 3.8) is 0 Å². The van der Waals surface area contributed by atoms with E-state index in [2.05, 4.69) is 15.1 Å². The highest BCUT2D eigenvalue weighted by Crippen LogP contribution is 2.31. The lowest BCUT2D eigenvalue weighted by atomic mass is 9.59. The van der Waals surface area contributed by atoms with Gasteiger partial charge in [-0.05, 0) is 30.0 Å². The number of carbonyl (C=O) groups is 1. The van der Waals surface area contributed by atoms with E-state index < -0.39 is 29.8 Å². The predicted molar refractivity (Wildman–Crippen MR) is 124 cm³/mol. The van der Waals surface area contributed by atoms with E-state index in [9.17, 15) is 22.4 Å². The fraction of sp³-hybridized carbons (Fsp3) is 0.333. The maximum absolute atomic E-state index is 13.9. The zero-order chi connectivity index (χ0) is 25.0. The van der Waals surface area contributed by atoms with Gasteiger partial charge in [-0.1, -0.05) is 0 Å². The Labute approximate surface area is 198 Å². The van der Waals surface area contributed by atoms with Crippen molar-refractivity contribution in [3.8, 4) is 11.4 Å². The Balaban J connectivity index is 1.64. The van der Waals surface area contributed by atoms with Crippen molar-refractivity contribution in [1.29, 1.82) is 0 Å². The summed E-state index contributed by atoms with van der Waals surface area (Å²) in [5, 5.41) is 3.96. The van der Waals surface area contributed by atoms with Crippen molar-refractivity contribution < 1.29 is 27.1 Å². The highest BCUT2D eigenvalue weighted by Gasteiger charge is 2.34. The van der Waals surface area contributed by atoms with Gasteiger partial charge in [-0.25, -0.2) is 9.37 Å². The first-order valence-electron chi connectivity index (χ1n) is 11.0. The van der Waals surface area contributed by atoms with Crippen molar-refractivity contribution in [2.24, 2.45) is 0 Å². The van der Waals surface area contributed by atoms with Crippen LogP contribution in [-0.2, 0) is 11.3 Å². The summed E-state index contributed by atoms with van der Waals surface area (Å²) in [6, 6.07) is 4.02. The maximum atomic E-state index is 13.9. The van der Waals surface area contributed by atoms with Gasteiger partial charge >= 0.3 is 6.18 Å². The molecule has 0 spiro atoms. The van der Waals surface area contributed by atoms with Gasteiger partial charge in [0.25, 0.3) is 5.91 Å². The van der Waals surface area contributed by atoms with Gasteiger partial charge in [-0.15, -0.1) is 0 Å². The van der Waals surface area contributed by atoms with Gasteiger partial charge in [0.2, 0.25) is 0 Å². The second kappa shape index (κ2) is 8.36. The Morgan fingerprint density at radius 2 is 1.97 bits per heavy atom. The first kappa shape index (κ1) is 23.3. The number of alkyl halides is 3. The average molecular weight is 486 g/mol. The third-order valence-corrected chi connectivity index (χ3v) is 6.19. The van der Waals surface area contributed by atoms with Gasteiger partial charge in [0, 0.05) is 30.9 Å². The Morgan fingerprint density at radius 1 is 1.17 bits per heavy atom. The topological polar surface area (TPSA) is 77.6 Å².